The van der Waals surface area contributed by atoms with Crippen LogP contribution in [0.1, 0.15) is 16.1 Å². The van der Waals surface area contributed by atoms with E-state index in [-0.39, 0.29) is 31.4 Å². The lowest BCUT2D eigenvalue weighted by Gasteiger charge is -2.21. The van der Waals surface area contributed by atoms with Crippen molar-refractivity contribution in [3.05, 3.63) is 96.4 Å². The molecule has 178 valence electrons. The van der Waals surface area contributed by atoms with Gasteiger partial charge in [0, 0.05) is 11.3 Å². The van der Waals surface area contributed by atoms with Crippen LogP contribution in [0.5, 0.6) is 5.75 Å². The molecule has 4 aromatic rings. The average Bonchev–Trinajstić information content (AvgIpc) is 3.40. The molecule has 0 aliphatic heterocycles. The highest BCUT2D eigenvalue weighted by Gasteiger charge is 2.21. The van der Waals surface area contributed by atoms with Crippen molar-refractivity contribution in [2.75, 3.05) is 25.5 Å². The van der Waals surface area contributed by atoms with Crippen molar-refractivity contribution in [1.29, 1.82) is 0 Å². The number of nitrogens with zero attached hydrogens (tertiary/aromatic N) is 1. The van der Waals surface area contributed by atoms with Gasteiger partial charge in [-0.05, 0) is 59.3 Å². The first-order valence-corrected chi connectivity index (χ1v) is 11.0. The molecule has 3 aromatic carbocycles. The highest BCUT2D eigenvalue weighted by atomic mass is 16.5. The van der Waals surface area contributed by atoms with Crippen molar-refractivity contribution in [2.45, 2.75) is 6.54 Å². The van der Waals surface area contributed by atoms with Crippen LogP contribution < -0.4 is 15.4 Å². The fraction of sp³-hybridized carbons (Fsp3) is 0.148. The summed E-state index contributed by atoms with van der Waals surface area (Å²) in [4.78, 5) is 39.6. The zero-order chi connectivity index (χ0) is 24.6. The number of nitrogens with one attached hydrogen (secondary N) is 2. The fourth-order valence-corrected chi connectivity index (χ4v) is 3.58. The summed E-state index contributed by atoms with van der Waals surface area (Å²) < 4.78 is 10.5. The van der Waals surface area contributed by atoms with Gasteiger partial charge in [-0.3, -0.25) is 14.4 Å². The number of benzene rings is 3. The molecule has 8 heteroatoms. The maximum Gasteiger partial charge on any atom is 0.254 e. The van der Waals surface area contributed by atoms with E-state index in [1.807, 2.05) is 30.3 Å². The number of hydrogen-bond acceptors (Lipinski definition) is 5. The predicted molar refractivity (Wildman–Crippen MR) is 132 cm³/mol. The van der Waals surface area contributed by atoms with E-state index in [1.54, 1.807) is 55.6 Å². The van der Waals surface area contributed by atoms with E-state index >= 15 is 0 Å². The Morgan fingerprint density at radius 2 is 1.66 bits per heavy atom. The third-order valence-corrected chi connectivity index (χ3v) is 5.36. The Hall–Kier alpha value is -4.59. The minimum Gasteiger partial charge on any atom is -0.497 e. The van der Waals surface area contributed by atoms with Gasteiger partial charge >= 0.3 is 0 Å². The third-order valence-electron chi connectivity index (χ3n) is 5.36. The van der Waals surface area contributed by atoms with Gasteiger partial charge in [-0.1, -0.05) is 30.3 Å². The maximum atomic E-state index is 13.3. The Labute approximate surface area is 202 Å². The summed E-state index contributed by atoms with van der Waals surface area (Å²) in [5.41, 5.74) is 1.04. The van der Waals surface area contributed by atoms with Gasteiger partial charge in [0.2, 0.25) is 11.8 Å². The van der Waals surface area contributed by atoms with E-state index in [4.69, 9.17) is 9.15 Å². The highest BCUT2D eigenvalue weighted by molar-refractivity contribution is 6.00. The van der Waals surface area contributed by atoms with Gasteiger partial charge in [-0.2, -0.15) is 0 Å². The van der Waals surface area contributed by atoms with Crippen LogP contribution >= 0.6 is 0 Å². The molecule has 0 atom stereocenters. The van der Waals surface area contributed by atoms with Gasteiger partial charge in [0.25, 0.3) is 5.91 Å². The zero-order valence-electron chi connectivity index (χ0n) is 19.2. The van der Waals surface area contributed by atoms with Crippen molar-refractivity contribution in [2.24, 2.45) is 0 Å². The average molecular weight is 472 g/mol. The Bertz CT molecular complexity index is 1320. The van der Waals surface area contributed by atoms with Gasteiger partial charge in [0.15, 0.2) is 0 Å². The monoisotopic (exact) mass is 471 g/mol. The Morgan fingerprint density at radius 1 is 0.886 bits per heavy atom. The molecule has 3 amide bonds. The number of anilines is 1. The molecule has 0 unspecified atom stereocenters. The van der Waals surface area contributed by atoms with Gasteiger partial charge in [0.1, 0.15) is 18.1 Å². The first-order chi connectivity index (χ1) is 17.0. The topological polar surface area (TPSA) is 101 Å². The molecule has 2 N–H and O–H groups in total. The van der Waals surface area contributed by atoms with E-state index in [0.717, 1.165) is 10.8 Å². The molecular formula is C27H25N3O5. The van der Waals surface area contributed by atoms with Gasteiger partial charge in [0.05, 0.1) is 26.5 Å². The molecule has 0 fully saturated rings. The number of carbonyl (C=O) groups excluding carboxylic acids is 3. The van der Waals surface area contributed by atoms with E-state index in [1.165, 1.54) is 11.2 Å². The SMILES string of the molecule is COc1ccc(NC(=O)CNC(=O)CN(Cc2ccco2)C(=O)c2ccc3ccccc3c2)cc1. The van der Waals surface area contributed by atoms with E-state index in [0.29, 0.717) is 22.8 Å². The van der Waals surface area contributed by atoms with Crippen LogP contribution in [-0.2, 0) is 16.1 Å². The van der Waals surface area contributed by atoms with E-state index in [9.17, 15) is 14.4 Å². The van der Waals surface area contributed by atoms with Crippen molar-refractivity contribution in [3.8, 4) is 5.75 Å². The number of fused-ring (bicyclic) bond motifs is 1. The molecule has 1 heterocycles. The van der Waals surface area contributed by atoms with Crippen LogP contribution in [0, 0.1) is 0 Å². The predicted octanol–water partition coefficient (Wildman–Crippen LogP) is 3.84. The number of carbonyl (C=O) groups is 3. The lowest BCUT2D eigenvalue weighted by atomic mass is 10.1. The summed E-state index contributed by atoms with van der Waals surface area (Å²) in [6.07, 6.45) is 1.51. The Morgan fingerprint density at radius 3 is 2.37 bits per heavy atom. The largest absolute Gasteiger partial charge is 0.497 e. The van der Waals surface area contributed by atoms with Crippen molar-refractivity contribution in [1.82, 2.24) is 10.2 Å². The minimum absolute atomic E-state index is 0.115. The van der Waals surface area contributed by atoms with Crippen LogP contribution in [0.3, 0.4) is 0 Å². The smallest absolute Gasteiger partial charge is 0.254 e. The fourth-order valence-electron chi connectivity index (χ4n) is 3.58. The van der Waals surface area contributed by atoms with Gasteiger partial charge in [-0.25, -0.2) is 0 Å². The minimum atomic E-state index is -0.462. The number of ether oxygens (including phenoxy) is 1. The maximum absolute atomic E-state index is 13.3. The van der Waals surface area contributed by atoms with Crippen LogP contribution in [0.25, 0.3) is 10.8 Å². The second-order valence-electron chi connectivity index (χ2n) is 7.86. The van der Waals surface area contributed by atoms with Crippen LogP contribution in [0.15, 0.2) is 89.5 Å². The van der Waals surface area contributed by atoms with E-state index < -0.39 is 5.91 Å². The first-order valence-electron chi connectivity index (χ1n) is 11.0. The molecule has 0 saturated heterocycles. The highest BCUT2D eigenvalue weighted by Crippen LogP contribution is 2.18. The summed E-state index contributed by atoms with van der Waals surface area (Å²) in [5, 5.41) is 7.21. The number of methoxy groups -OCH3 is 1. The molecule has 0 bridgehead atoms. The Kier molecular flexibility index (Phi) is 7.42. The first kappa shape index (κ1) is 23.6. The second kappa shape index (κ2) is 11.0. The Balaban J connectivity index is 1.40. The number of furan rings is 1. The summed E-state index contributed by atoms with van der Waals surface area (Å²) in [5.74, 6) is 0.0516. The van der Waals surface area contributed by atoms with Gasteiger partial charge in [-0.15, -0.1) is 0 Å². The molecule has 8 nitrogen and oxygen atoms in total. The summed E-state index contributed by atoms with van der Waals surface area (Å²) >= 11 is 0. The summed E-state index contributed by atoms with van der Waals surface area (Å²) in [6.45, 7) is -0.351. The van der Waals surface area contributed by atoms with Crippen LogP contribution in [0.2, 0.25) is 0 Å². The van der Waals surface area contributed by atoms with E-state index in [2.05, 4.69) is 10.6 Å². The van der Waals surface area contributed by atoms with Crippen molar-refractivity contribution >= 4 is 34.2 Å². The molecule has 35 heavy (non-hydrogen) atoms. The number of hydrogen-bond donors (Lipinski definition) is 2. The third kappa shape index (κ3) is 6.26. The van der Waals surface area contributed by atoms with Crippen molar-refractivity contribution in [3.63, 3.8) is 0 Å². The molecule has 1 aromatic heterocycles. The quantitative estimate of drug-likeness (QED) is 0.386. The molecule has 0 saturated carbocycles. The second-order valence-corrected chi connectivity index (χ2v) is 7.86. The molecule has 0 radical (unpaired) electrons. The normalized spacial score (nSPS) is 10.5. The van der Waals surface area contributed by atoms with Crippen molar-refractivity contribution < 1.29 is 23.5 Å². The van der Waals surface area contributed by atoms with Crippen LogP contribution in [-0.4, -0.2) is 42.8 Å². The summed E-state index contributed by atoms with van der Waals surface area (Å²) in [6, 6.07) is 23.4. The summed E-state index contributed by atoms with van der Waals surface area (Å²) in [7, 11) is 1.56. The van der Waals surface area contributed by atoms with Gasteiger partial charge < -0.3 is 24.7 Å². The number of rotatable bonds is 9. The molecule has 0 spiro atoms. The van der Waals surface area contributed by atoms with Crippen LogP contribution in [0.4, 0.5) is 5.69 Å². The zero-order valence-corrected chi connectivity index (χ0v) is 19.2. The molecule has 0 aliphatic rings. The lowest BCUT2D eigenvalue weighted by Crippen LogP contribution is -2.42. The number of amides is 3. The standard InChI is InChI=1S/C27H25N3O5/c1-34-23-12-10-22(11-13-23)29-25(31)16-28-26(32)18-30(17-24-7-4-14-35-24)27(33)21-9-8-19-5-2-3-6-20(19)15-21/h2-15H,16-18H2,1H3,(H,28,32)(H,29,31). The lowest BCUT2D eigenvalue weighted by molar-refractivity contribution is -0.124. The molecule has 0 aliphatic carbocycles. The molecular weight excluding hydrogens is 446 g/mol. The molecule has 4 rings (SSSR count).